The maximum Gasteiger partial charge on any atom is 0.337 e. The minimum atomic E-state index is -1.43. The van der Waals surface area contributed by atoms with Crippen LogP contribution >= 0.6 is 0 Å². The first kappa shape index (κ1) is 19.1. The molecule has 2 aromatic carbocycles. The van der Waals surface area contributed by atoms with E-state index in [0.717, 1.165) is 5.56 Å². The van der Waals surface area contributed by atoms with E-state index in [1.807, 2.05) is 30.3 Å². The fourth-order valence-electron chi connectivity index (χ4n) is 3.65. The number of fused-ring (bicyclic) bond motifs is 2. The molecule has 0 spiro atoms. The number of hydrogen-bond donors (Lipinski definition) is 1. The molecule has 2 aromatic rings. The maximum absolute atomic E-state index is 12.9. The molecule has 0 aliphatic carbocycles. The number of carboxylic acids is 1. The Morgan fingerprint density at radius 1 is 1.14 bits per heavy atom. The zero-order valence-corrected chi connectivity index (χ0v) is 15.6. The summed E-state index contributed by atoms with van der Waals surface area (Å²) in [4.78, 5) is 37.8. The van der Waals surface area contributed by atoms with E-state index in [0.29, 0.717) is 17.7 Å². The molecular formula is C21H19NO7. The Labute approximate surface area is 166 Å². The summed E-state index contributed by atoms with van der Waals surface area (Å²) in [5, 5.41) is 9.53. The summed E-state index contributed by atoms with van der Waals surface area (Å²) in [6.07, 6.45) is -2.66. The van der Waals surface area contributed by atoms with E-state index in [9.17, 15) is 19.5 Å². The van der Waals surface area contributed by atoms with Crippen LogP contribution in [0.25, 0.3) is 0 Å². The number of nitrogens with zero attached hydrogens (tertiary/aromatic N) is 1. The van der Waals surface area contributed by atoms with Crippen LogP contribution in [-0.4, -0.2) is 53.7 Å². The van der Waals surface area contributed by atoms with Gasteiger partial charge >= 0.3 is 11.9 Å². The fraction of sp³-hybridized carbons (Fsp3) is 0.286. The number of carbonyl (C=O) groups is 3. The Morgan fingerprint density at radius 3 is 2.45 bits per heavy atom. The van der Waals surface area contributed by atoms with Crippen LogP contribution in [0.2, 0.25) is 0 Å². The smallest absolute Gasteiger partial charge is 0.337 e. The Bertz CT molecular complexity index is 943. The van der Waals surface area contributed by atoms with Crippen LogP contribution in [0.1, 0.15) is 21.5 Å². The lowest BCUT2D eigenvalue weighted by Gasteiger charge is -2.38. The van der Waals surface area contributed by atoms with Gasteiger partial charge in [0, 0.05) is 12.1 Å². The third kappa shape index (κ3) is 3.37. The van der Waals surface area contributed by atoms with E-state index < -0.39 is 35.8 Å². The second kappa shape index (κ2) is 7.31. The van der Waals surface area contributed by atoms with Gasteiger partial charge in [-0.25, -0.2) is 9.59 Å². The predicted octanol–water partition coefficient (Wildman–Crippen LogP) is 1.54. The van der Waals surface area contributed by atoms with Crippen molar-refractivity contribution in [1.82, 2.24) is 4.90 Å². The maximum atomic E-state index is 12.9. The van der Waals surface area contributed by atoms with Gasteiger partial charge in [0.15, 0.2) is 12.2 Å². The lowest BCUT2D eigenvalue weighted by molar-refractivity contribution is -0.219. The van der Waals surface area contributed by atoms with Gasteiger partial charge in [0.25, 0.3) is 5.91 Å². The highest BCUT2D eigenvalue weighted by Gasteiger charge is 2.60. The van der Waals surface area contributed by atoms with E-state index >= 15 is 0 Å². The van der Waals surface area contributed by atoms with Gasteiger partial charge in [-0.05, 0) is 17.7 Å². The molecule has 2 fully saturated rings. The number of hydrogen-bond acceptors (Lipinski definition) is 6. The topological polar surface area (TPSA) is 102 Å². The third-order valence-electron chi connectivity index (χ3n) is 5.07. The van der Waals surface area contributed by atoms with Crippen LogP contribution in [0, 0.1) is 0 Å². The van der Waals surface area contributed by atoms with Crippen molar-refractivity contribution >= 4 is 17.8 Å². The molecule has 2 heterocycles. The Morgan fingerprint density at radius 2 is 1.83 bits per heavy atom. The standard InChI is InChI=1S/C21H19NO7/c1-27-20(26)14-7-9-15(10-8-14)21-12-22(11-13-5-3-2-4-6-13)18(23)16(28-21)17(29-21)19(24)25/h2-10,16-17H,11-12H2,1H3,(H,24,25). The predicted molar refractivity (Wildman–Crippen MR) is 98.7 cm³/mol. The quantitative estimate of drug-likeness (QED) is 0.764. The molecule has 0 radical (unpaired) electrons. The average molecular weight is 397 g/mol. The second-order valence-electron chi connectivity index (χ2n) is 6.92. The Kier molecular flexibility index (Phi) is 4.81. The van der Waals surface area contributed by atoms with Crippen molar-refractivity contribution in [2.24, 2.45) is 0 Å². The molecule has 150 valence electrons. The fourth-order valence-corrected chi connectivity index (χ4v) is 3.65. The zero-order valence-electron chi connectivity index (χ0n) is 15.6. The number of aliphatic carboxylic acids is 1. The van der Waals surface area contributed by atoms with Crippen LogP contribution in [0.15, 0.2) is 54.6 Å². The minimum Gasteiger partial charge on any atom is -0.479 e. The number of esters is 1. The molecule has 4 rings (SSSR count). The van der Waals surface area contributed by atoms with E-state index in [1.165, 1.54) is 7.11 Å². The molecule has 2 saturated heterocycles. The number of morpholine rings is 1. The van der Waals surface area contributed by atoms with Crippen LogP contribution in [0.4, 0.5) is 0 Å². The number of carboxylic acid groups (broad SMARTS) is 1. The van der Waals surface area contributed by atoms with Crippen LogP contribution < -0.4 is 0 Å². The van der Waals surface area contributed by atoms with E-state index in [-0.39, 0.29) is 6.54 Å². The van der Waals surface area contributed by atoms with Crippen molar-refractivity contribution < 1.29 is 33.7 Å². The van der Waals surface area contributed by atoms with Crippen molar-refractivity contribution in [3.63, 3.8) is 0 Å². The van der Waals surface area contributed by atoms with Crippen LogP contribution in [-0.2, 0) is 36.1 Å². The molecule has 2 aliphatic rings. The van der Waals surface area contributed by atoms with Crippen molar-refractivity contribution in [2.75, 3.05) is 13.7 Å². The molecule has 8 nitrogen and oxygen atoms in total. The van der Waals surface area contributed by atoms with Crippen molar-refractivity contribution in [2.45, 2.75) is 24.5 Å². The van der Waals surface area contributed by atoms with Gasteiger partial charge in [0.05, 0.1) is 19.2 Å². The lowest BCUT2D eigenvalue weighted by Crippen LogP contribution is -2.53. The first-order valence-corrected chi connectivity index (χ1v) is 9.03. The van der Waals surface area contributed by atoms with Crippen molar-refractivity contribution in [3.8, 4) is 0 Å². The summed E-state index contributed by atoms with van der Waals surface area (Å²) < 4.78 is 16.3. The first-order valence-electron chi connectivity index (χ1n) is 9.03. The minimum absolute atomic E-state index is 0.0264. The van der Waals surface area contributed by atoms with E-state index in [1.54, 1.807) is 29.2 Å². The Balaban J connectivity index is 1.68. The van der Waals surface area contributed by atoms with Gasteiger partial charge in [-0.15, -0.1) is 0 Å². The monoisotopic (exact) mass is 397 g/mol. The summed E-state index contributed by atoms with van der Waals surface area (Å²) in [5.74, 6) is -3.61. The van der Waals surface area contributed by atoms with Crippen molar-refractivity contribution in [3.05, 3.63) is 71.3 Å². The average Bonchev–Trinajstić information content (AvgIpc) is 3.09. The summed E-state index contributed by atoms with van der Waals surface area (Å²) in [7, 11) is 1.29. The van der Waals surface area contributed by atoms with Gasteiger partial charge in [0.2, 0.25) is 5.79 Å². The molecule has 3 unspecified atom stereocenters. The third-order valence-corrected chi connectivity index (χ3v) is 5.07. The zero-order chi connectivity index (χ0) is 20.6. The molecule has 1 N–H and O–H groups in total. The molecule has 29 heavy (non-hydrogen) atoms. The highest BCUT2D eigenvalue weighted by molar-refractivity contribution is 5.90. The van der Waals surface area contributed by atoms with Gasteiger partial charge in [-0.2, -0.15) is 0 Å². The molecule has 1 amide bonds. The summed E-state index contributed by atoms with van der Waals surface area (Å²) in [5.41, 5.74) is 1.76. The molecule has 0 aromatic heterocycles. The normalized spacial score (nSPS) is 25.7. The number of rotatable bonds is 5. The van der Waals surface area contributed by atoms with Gasteiger partial charge in [-0.3, -0.25) is 4.79 Å². The number of carbonyl (C=O) groups excluding carboxylic acids is 2. The SMILES string of the molecule is COC(=O)c1ccc(C23CN(Cc4ccccc4)C(=O)C(O2)C(C(=O)O)O3)cc1. The molecule has 0 saturated carbocycles. The van der Waals surface area contributed by atoms with Gasteiger partial charge in [0.1, 0.15) is 0 Å². The largest absolute Gasteiger partial charge is 0.479 e. The second-order valence-corrected chi connectivity index (χ2v) is 6.92. The van der Waals surface area contributed by atoms with Crippen LogP contribution in [0.5, 0.6) is 0 Å². The van der Waals surface area contributed by atoms with E-state index in [2.05, 4.69) is 0 Å². The highest BCUT2D eigenvalue weighted by atomic mass is 16.8. The molecular weight excluding hydrogens is 378 g/mol. The summed E-state index contributed by atoms with van der Waals surface area (Å²) in [6, 6.07) is 15.7. The summed E-state index contributed by atoms with van der Waals surface area (Å²) in [6.45, 7) is 0.329. The summed E-state index contributed by atoms with van der Waals surface area (Å²) >= 11 is 0. The number of benzene rings is 2. The molecule has 2 bridgehead atoms. The number of ether oxygens (including phenoxy) is 3. The van der Waals surface area contributed by atoms with E-state index in [4.69, 9.17) is 14.2 Å². The number of methoxy groups -OCH3 is 1. The number of amides is 1. The molecule has 3 atom stereocenters. The van der Waals surface area contributed by atoms with Gasteiger partial charge < -0.3 is 24.2 Å². The molecule has 2 aliphatic heterocycles. The lowest BCUT2D eigenvalue weighted by atomic mass is 10.0. The molecule has 8 heteroatoms. The highest BCUT2D eigenvalue weighted by Crippen LogP contribution is 2.43. The Hall–Kier alpha value is -3.23. The van der Waals surface area contributed by atoms with Gasteiger partial charge in [-0.1, -0.05) is 42.5 Å². The first-order chi connectivity index (χ1) is 13.9. The van der Waals surface area contributed by atoms with Crippen molar-refractivity contribution in [1.29, 1.82) is 0 Å². The van der Waals surface area contributed by atoms with Crippen LogP contribution in [0.3, 0.4) is 0 Å².